The second-order valence-electron chi connectivity index (χ2n) is 3.41. The van der Waals surface area contributed by atoms with Crippen molar-refractivity contribution in [1.82, 2.24) is 5.32 Å². The Morgan fingerprint density at radius 2 is 1.58 bits per heavy atom. The molecule has 1 unspecified atom stereocenters. The molecule has 0 fully saturated rings. The molecule has 12 heavy (non-hydrogen) atoms. The van der Waals surface area contributed by atoms with Crippen LogP contribution < -0.4 is 5.32 Å². The standard InChI is InChI=1S/C9H21N.C2H6/c1-5-9(4)6-7-10-8(2)3;1-2/h8-10H,5-7H2,1-4H3;1-2H3. The van der Waals surface area contributed by atoms with Crippen LogP contribution in [0.4, 0.5) is 0 Å². The summed E-state index contributed by atoms with van der Waals surface area (Å²) in [5.41, 5.74) is 0. The maximum absolute atomic E-state index is 3.41. The molecule has 1 nitrogen and oxygen atoms in total. The Hall–Kier alpha value is -0.0400. The zero-order valence-electron chi connectivity index (χ0n) is 9.78. The highest BCUT2D eigenvalue weighted by atomic mass is 14.9. The lowest BCUT2D eigenvalue weighted by molar-refractivity contribution is 0.468. The fourth-order valence-corrected chi connectivity index (χ4v) is 0.823. The average Bonchev–Trinajstić information content (AvgIpc) is 2.07. The van der Waals surface area contributed by atoms with Gasteiger partial charge in [-0.3, -0.25) is 0 Å². The summed E-state index contributed by atoms with van der Waals surface area (Å²) in [5, 5.41) is 3.41. The molecular formula is C11H27N. The molecule has 0 saturated carbocycles. The largest absolute Gasteiger partial charge is 0.315 e. The van der Waals surface area contributed by atoms with Gasteiger partial charge in [-0.2, -0.15) is 0 Å². The van der Waals surface area contributed by atoms with E-state index in [9.17, 15) is 0 Å². The van der Waals surface area contributed by atoms with Crippen LogP contribution in [0.1, 0.15) is 54.4 Å². The summed E-state index contributed by atoms with van der Waals surface area (Å²) in [6.07, 6.45) is 2.62. The van der Waals surface area contributed by atoms with E-state index in [4.69, 9.17) is 0 Å². The van der Waals surface area contributed by atoms with Gasteiger partial charge in [0, 0.05) is 6.04 Å². The Labute approximate surface area is 78.9 Å². The van der Waals surface area contributed by atoms with Gasteiger partial charge in [0.25, 0.3) is 0 Å². The topological polar surface area (TPSA) is 12.0 Å². The molecule has 1 heteroatoms. The van der Waals surface area contributed by atoms with Crippen molar-refractivity contribution in [2.24, 2.45) is 5.92 Å². The average molecular weight is 173 g/mol. The fourth-order valence-electron chi connectivity index (χ4n) is 0.823. The van der Waals surface area contributed by atoms with Crippen molar-refractivity contribution >= 4 is 0 Å². The second-order valence-corrected chi connectivity index (χ2v) is 3.41. The van der Waals surface area contributed by atoms with Crippen molar-refractivity contribution in [1.29, 1.82) is 0 Å². The first-order valence-corrected chi connectivity index (χ1v) is 5.40. The molecule has 0 aliphatic heterocycles. The highest BCUT2D eigenvalue weighted by Crippen LogP contribution is 2.04. The van der Waals surface area contributed by atoms with Crippen LogP contribution in [0.2, 0.25) is 0 Å². The van der Waals surface area contributed by atoms with Crippen molar-refractivity contribution in [3.63, 3.8) is 0 Å². The van der Waals surface area contributed by atoms with Crippen LogP contribution in [0.3, 0.4) is 0 Å². The number of hydrogen-bond acceptors (Lipinski definition) is 1. The van der Waals surface area contributed by atoms with Gasteiger partial charge in [-0.05, 0) is 18.9 Å². The summed E-state index contributed by atoms with van der Waals surface area (Å²) in [4.78, 5) is 0. The van der Waals surface area contributed by atoms with Gasteiger partial charge < -0.3 is 5.32 Å². The zero-order chi connectivity index (χ0) is 9.98. The smallest absolute Gasteiger partial charge is 0.00103 e. The summed E-state index contributed by atoms with van der Waals surface area (Å²) in [6.45, 7) is 14.1. The van der Waals surface area contributed by atoms with Gasteiger partial charge >= 0.3 is 0 Å². The fraction of sp³-hybridized carbons (Fsp3) is 1.00. The van der Waals surface area contributed by atoms with Gasteiger partial charge in [-0.1, -0.05) is 48.0 Å². The predicted octanol–water partition coefficient (Wildman–Crippen LogP) is 3.45. The Morgan fingerprint density at radius 3 is 1.92 bits per heavy atom. The van der Waals surface area contributed by atoms with E-state index in [2.05, 4.69) is 33.0 Å². The Balaban J connectivity index is 0. The molecule has 1 atom stereocenters. The third kappa shape index (κ3) is 12.6. The monoisotopic (exact) mass is 173 g/mol. The minimum absolute atomic E-state index is 0.643. The maximum atomic E-state index is 3.41. The SMILES string of the molecule is CC.CCC(C)CCNC(C)C. The first-order chi connectivity index (χ1) is 5.66. The van der Waals surface area contributed by atoms with Crippen LogP contribution in [-0.4, -0.2) is 12.6 Å². The zero-order valence-corrected chi connectivity index (χ0v) is 9.78. The Kier molecular flexibility index (Phi) is 13.2. The van der Waals surface area contributed by atoms with Gasteiger partial charge in [0.2, 0.25) is 0 Å². The summed E-state index contributed by atoms with van der Waals surface area (Å²) in [7, 11) is 0. The van der Waals surface area contributed by atoms with E-state index in [1.54, 1.807) is 0 Å². The molecule has 0 aromatic rings. The van der Waals surface area contributed by atoms with Crippen molar-refractivity contribution in [2.75, 3.05) is 6.54 Å². The van der Waals surface area contributed by atoms with Gasteiger partial charge in [-0.25, -0.2) is 0 Å². The van der Waals surface area contributed by atoms with Crippen LogP contribution in [0.15, 0.2) is 0 Å². The molecule has 0 aromatic heterocycles. The highest BCUT2D eigenvalue weighted by Gasteiger charge is 1.97. The van der Waals surface area contributed by atoms with Crippen molar-refractivity contribution in [2.45, 2.75) is 60.4 Å². The molecule has 0 rings (SSSR count). The van der Waals surface area contributed by atoms with E-state index in [1.165, 1.54) is 19.4 Å². The van der Waals surface area contributed by atoms with E-state index < -0.39 is 0 Å². The quantitative estimate of drug-likeness (QED) is 0.671. The van der Waals surface area contributed by atoms with Gasteiger partial charge in [-0.15, -0.1) is 0 Å². The molecule has 0 spiro atoms. The van der Waals surface area contributed by atoms with Crippen LogP contribution in [0.25, 0.3) is 0 Å². The Morgan fingerprint density at radius 1 is 1.08 bits per heavy atom. The van der Waals surface area contributed by atoms with Gasteiger partial charge in [0.05, 0.1) is 0 Å². The van der Waals surface area contributed by atoms with E-state index in [-0.39, 0.29) is 0 Å². The lowest BCUT2D eigenvalue weighted by atomic mass is 10.1. The van der Waals surface area contributed by atoms with Crippen LogP contribution in [-0.2, 0) is 0 Å². The molecule has 0 bridgehead atoms. The molecule has 0 amide bonds. The minimum Gasteiger partial charge on any atom is -0.315 e. The molecule has 0 aromatic carbocycles. The van der Waals surface area contributed by atoms with Crippen LogP contribution >= 0.6 is 0 Å². The first kappa shape index (κ1) is 14.5. The molecular weight excluding hydrogens is 146 g/mol. The minimum atomic E-state index is 0.643. The van der Waals surface area contributed by atoms with Crippen molar-refractivity contribution in [3.8, 4) is 0 Å². The number of nitrogens with one attached hydrogen (secondary N) is 1. The van der Waals surface area contributed by atoms with Crippen molar-refractivity contribution < 1.29 is 0 Å². The van der Waals surface area contributed by atoms with Gasteiger partial charge in [0.1, 0.15) is 0 Å². The third-order valence-electron chi connectivity index (χ3n) is 1.89. The van der Waals surface area contributed by atoms with E-state index in [0.717, 1.165) is 5.92 Å². The molecule has 0 radical (unpaired) electrons. The third-order valence-corrected chi connectivity index (χ3v) is 1.89. The number of rotatable bonds is 5. The summed E-state index contributed by atoms with van der Waals surface area (Å²) in [5.74, 6) is 0.881. The maximum Gasteiger partial charge on any atom is 0.00103 e. The molecule has 0 saturated heterocycles. The highest BCUT2D eigenvalue weighted by molar-refractivity contribution is 4.56. The van der Waals surface area contributed by atoms with E-state index >= 15 is 0 Å². The second kappa shape index (κ2) is 11.0. The van der Waals surface area contributed by atoms with Gasteiger partial charge in [0.15, 0.2) is 0 Å². The normalized spacial score (nSPS) is 12.2. The summed E-state index contributed by atoms with van der Waals surface area (Å²) >= 11 is 0. The molecule has 0 heterocycles. The molecule has 0 aliphatic carbocycles. The summed E-state index contributed by atoms with van der Waals surface area (Å²) in [6, 6.07) is 0.643. The predicted molar refractivity (Wildman–Crippen MR) is 58.6 cm³/mol. The van der Waals surface area contributed by atoms with E-state index in [1.807, 2.05) is 13.8 Å². The van der Waals surface area contributed by atoms with E-state index in [0.29, 0.717) is 6.04 Å². The first-order valence-electron chi connectivity index (χ1n) is 5.40. The lowest BCUT2D eigenvalue weighted by Crippen LogP contribution is -2.24. The number of hydrogen-bond donors (Lipinski definition) is 1. The van der Waals surface area contributed by atoms with Crippen LogP contribution in [0.5, 0.6) is 0 Å². The summed E-state index contributed by atoms with van der Waals surface area (Å²) < 4.78 is 0. The van der Waals surface area contributed by atoms with Crippen molar-refractivity contribution in [3.05, 3.63) is 0 Å². The lowest BCUT2D eigenvalue weighted by Gasteiger charge is -2.11. The molecule has 76 valence electrons. The molecule has 1 N–H and O–H groups in total. The van der Waals surface area contributed by atoms with Crippen LogP contribution in [0, 0.1) is 5.92 Å². The Bertz CT molecular complexity index is 69.4. The molecule has 0 aliphatic rings.